The molecule has 1 atom stereocenters. The molecule has 3 amide bonds. The third kappa shape index (κ3) is 6.38. The van der Waals surface area contributed by atoms with Gasteiger partial charge in [0.2, 0.25) is 5.88 Å². The zero-order valence-electron chi connectivity index (χ0n) is 24.5. The molecule has 3 N–H and O–H groups in total. The number of hydrogen-bond acceptors (Lipinski definition) is 9. The topological polar surface area (TPSA) is 155 Å². The number of rotatable bonds is 4. The van der Waals surface area contributed by atoms with Gasteiger partial charge in [-0.25, -0.2) is 28.7 Å². The number of carbonyl (C=O) groups is 3. The van der Waals surface area contributed by atoms with E-state index in [9.17, 15) is 19.5 Å². The van der Waals surface area contributed by atoms with Crippen molar-refractivity contribution in [3.8, 4) is 17.0 Å². The molecule has 228 valence electrons. The molecule has 1 unspecified atom stereocenters. The predicted octanol–water partition coefficient (Wildman–Crippen LogP) is 5.22. The average molecular weight is 597 g/mol. The highest BCUT2D eigenvalue weighted by molar-refractivity contribution is 6.04. The highest BCUT2D eigenvalue weighted by Crippen LogP contribution is 2.42. The summed E-state index contributed by atoms with van der Waals surface area (Å²) in [5.74, 6) is -0.546. The first-order valence-electron chi connectivity index (χ1n) is 13.7. The fourth-order valence-corrected chi connectivity index (χ4v) is 5.14. The largest absolute Gasteiger partial charge is 0.474 e. The Morgan fingerprint density at radius 2 is 1.86 bits per heavy atom. The minimum Gasteiger partial charge on any atom is -0.474 e. The number of ether oxygens (including phenoxy) is 3. The van der Waals surface area contributed by atoms with E-state index in [0.717, 1.165) is 17.9 Å². The van der Waals surface area contributed by atoms with Crippen LogP contribution < -0.4 is 20.3 Å². The molecule has 1 fully saturated rings. The monoisotopic (exact) mass is 596 g/mol. The van der Waals surface area contributed by atoms with Gasteiger partial charge in [0.05, 0.1) is 12.2 Å². The SMILES string of the molecule is Cc1c(-c2cc3cc(NC(=O)OC4CCN(C)C4)ncc3c(NC(=O)OC(C)(C)C)c2F)cnc2c1N(C(=O)O)CCO2. The molecule has 14 heteroatoms. The van der Waals surface area contributed by atoms with Crippen LogP contribution in [-0.4, -0.2) is 83.2 Å². The van der Waals surface area contributed by atoms with E-state index in [4.69, 9.17) is 14.2 Å². The van der Waals surface area contributed by atoms with Crippen LogP contribution in [0.25, 0.3) is 21.9 Å². The van der Waals surface area contributed by atoms with E-state index in [1.54, 1.807) is 27.7 Å². The highest BCUT2D eigenvalue weighted by atomic mass is 19.1. The first-order valence-corrected chi connectivity index (χ1v) is 13.7. The van der Waals surface area contributed by atoms with Crippen LogP contribution in [0, 0.1) is 12.7 Å². The Labute approximate surface area is 246 Å². The van der Waals surface area contributed by atoms with Crippen molar-refractivity contribution in [2.45, 2.75) is 45.8 Å². The van der Waals surface area contributed by atoms with Crippen LogP contribution >= 0.6 is 0 Å². The van der Waals surface area contributed by atoms with Crippen LogP contribution in [0.4, 0.5) is 36.0 Å². The molecule has 0 spiro atoms. The zero-order chi connectivity index (χ0) is 31.1. The number of nitrogens with zero attached hydrogens (tertiary/aromatic N) is 4. The number of likely N-dealkylation sites (N-methyl/N-ethyl adjacent to an activating group) is 1. The van der Waals surface area contributed by atoms with Crippen molar-refractivity contribution in [2.75, 3.05) is 48.8 Å². The molecule has 3 aromatic rings. The highest BCUT2D eigenvalue weighted by Gasteiger charge is 2.30. The average Bonchev–Trinajstić information content (AvgIpc) is 3.33. The number of carboxylic acid groups (broad SMARTS) is 1. The molecule has 0 saturated carbocycles. The van der Waals surface area contributed by atoms with Gasteiger partial charge in [0.1, 0.15) is 29.8 Å². The van der Waals surface area contributed by atoms with E-state index < -0.39 is 29.7 Å². The van der Waals surface area contributed by atoms with Crippen molar-refractivity contribution in [3.05, 3.63) is 35.9 Å². The number of fused-ring (bicyclic) bond motifs is 2. The van der Waals surface area contributed by atoms with Crippen molar-refractivity contribution in [2.24, 2.45) is 0 Å². The Bertz CT molecular complexity index is 1610. The molecule has 2 aliphatic heterocycles. The van der Waals surface area contributed by atoms with Crippen molar-refractivity contribution in [3.63, 3.8) is 0 Å². The van der Waals surface area contributed by atoms with Crippen LogP contribution in [0.2, 0.25) is 0 Å². The summed E-state index contributed by atoms with van der Waals surface area (Å²) in [6.45, 7) is 8.33. The van der Waals surface area contributed by atoms with Crippen LogP contribution in [0.5, 0.6) is 5.88 Å². The van der Waals surface area contributed by atoms with E-state index in [-0.39, 0.29) is 58.8 Å². The smallest absolute Gasteiger partial charge is 0.413 e. The van der Waals surface area contributed by atoms with Gasteiger partial charge in [-0.2, -0.15) is 0 Å². The fourth-order valence-electron chi connectivity index (χ4n) is 5.14. The third-order valence-corrected chi connectivity index (χ3v) is 7.06. The maximum Gasteiger partial charge on any atom is 0.413 e. The van der Waals surface area contributed by atoms with Gasteiger partial charge in [0, 0.05) is 42.0 Å². The number of halogens is 1. The molecule has 2 aliphatic rings. The summed E-state index contributed by atoms with van der Waals surface area (Å²) in [5.41, 5.74) is -0.146. The van der Waals surface area contributed by atoms with Crippen molar-refractivity contribution in [1.29, 1.82) is 0 Å². The molecule has 43 heavy (non-hydrogen) atoms. The van der Waals surface area contributed by atoms with E-state index >= 15 is 4.39 Å². The quantitative estimate of drug-likeness (QED) is 0.365. The second-order valence-corrected chi connectivity index (χ2v) is 11.5. The van der Waals surface area contributed by atoms with Gasteiger partial charge < -0.3 is 24.2 Å². The van der Waals surface area contributed by atoms with Crippen LogP contribution in [0.15, 0.2) is 24.5 Å². The summed E-state index contributed by atoms with van der Waals surface area (Å²) in [6.07, 6.45) is 0.424. The molecule has 0 aliphatic carbocycles. The second-order valence-electron chi connectivity index (χ2n) is 11.5. The fraction of sp³-hybridized carbons (Fsp3) is 0.414. The Kier molecular flexibility index (Phi) is 7.97. The molecule has 5 rings (SSSR count). The van der Waals surface area contributed by atoms with E-state index in [0.29, 0.717) is 17.5 Å². The van der Waals surface area contributed by atoms with E-state index in [1.807, 2.05) is 7.05 Å². The number of amides is 3. The molecule has 13 nitrogen and oxygen atoms in total. The first kappa shape index (κ1) is 29.8. The summed E-state index contributed by atoms with van der Waals surface area (Å²) in [7, 11) is 1.94. The molecule has 1 aromatic carbocycles. The number of benzene rings is 1. The minimum atomic E-state index is -1.20. The van der Waals surface area contributed by atoms with Gasteiger partial charge in [-0.15, -0.1) is 0 Å². The van der Waals surface area contributed by atoms with Gasteiger partial charge in [-0.3, -0.25) is 15.5 Å². The van der Waals surface area contributed by atoms with Crippen LogP contribution in [0.3, 0.4) is 0 Å². The lowest BCUT2D eigenvalue weighted by atomic mass is 9.96. The molecule has 2 aromatic heterocycles. The van der Waals surface area contributed by atoms with Gasteiger partial charge in [0.15, 0.2) is 5.82 Å². The summed E-state index contributed by atoms with van der Waals surface area (Å²) in [5, 5.41) is 15.5. The number of carbonyl (C=O) groups excluding carboxylic acids is 2. The second kappa shape index (κ2) is 11.5. The lowest BCUT2D eigenvalue weighted by Gasteiger charge is -2.29. The number of hydrogen-bond donors (Lipinski definition) is 3. The summed E-state index contributed by atoms with van der Waals surface area (Å²) < 4.78 is 32.8. The van der Waals surface area contributed by atoms with Crippen molar-refractivity contribution >= 4 is 46.2 Å². The minimum absolute atomic E-state index is 0.0241. The predicted molar refractivity (Wildman–Crippen MR) is 156 cm³/mol. The molecule has 4 heterocycles. The molecular weight excluding hydrogens is 563 g/mol. The zero-order valence-corrected chi connectivity index (χ0v) is 24.5. The molecule has 0 radical (unpaired) electrons. The number of nitrogens with one attached hydrogen (secondary N) is 2. The van der Waals surface area contributed by atoms with Crippen molar-refractivity contribution in [1.82, 2.24) is 14.9 Å². The third-order valence-electron chi connectivity index (χ3n) is 7.06. The van der Waals surface area contributed by atoms with Crippen LogP contribution in [0.1, 0.15) is 32.8 Å². The summed E-state index contributed by atoms with van der Waals surface area (Å²) in [6, 6.07) is 3.04. The normalized spacial score (nSPS) is 16.8. The lowest BCUT2D eigenvalue weighted by Crippen LogP contribution is -2.37. The number of pyridine rings is 2. The summed E-state index contributed by atoms with van der Waals surface area (Å²) >= 11 is 0. The van der Waals surface area contributed by atoms with Gasteiger partial charge in [0.25, 0.3) is 0 Å². The number of anilines is 3. The Balaban J connectivity index is 1.58. The van der Waals surface area contributed by atoms with Gasteiger partial charge in [-0.1, -0.05) is 0 Å². The molecular formula is C29H33FN6O7. The number of aromatic nitrogens is 2. The first-order chi connectivity index (χ1) is 20.3. The standard InChI is InChI=1S/C29H33FN6O7/c1-15-19(12-32-25-24(15)36(28(39)40)8-9-41-25)18-10-16-11-21(33-26(37)42-17-6-7-35(5)14-17)31-13-20(16)23(22(18)30)34-27(38)43-29(2,3)4/h10-13,17H,6-9,14H2,1-5H3,(H,34,38)(H,39,40)(H,31,33,37). The number of likely N-dealkylation sites (tertiary alicyclic amines) is 1. The van der Waals surface area contributed by atoms with Gasteiger partial charge in [-0.05, 0) is 64.2 Å². The van der Waals surface area contributed by atoms with Crippen molar-refractivity contribution < 1.29 is 38.1 Å². The summed E-state index contributed by atoms with van der Waals surface area (Å²) in [4.78, 5) is 48.9. The lowest BCUT2D eigenvalue weighted by molar-refractivity contribution is 0.0635. The Morgan fingerprint density at radius 1 is 1.09 bits per heavy atom. The van der Waals surface area contributed by atoms with Crippen LogP contribution in [-0.2, 0) is 9.47 Å². The Hall–Kier alpha value is -4.72. The van der Waals surface area contributed by atoms with E-state index in [2.05, 4.69) is 25.5 Å². The molecule has 0 bridgehead atoms. The maximum atomic E-state index is 16.3. The molecule has 1 saturated heterocycles. The maximum absolute atomic E-state index is 16.3. The Morgan fingerprint density at radius 3 is 2.53 bits per heavy atom. The van der Waals surface area contributed by atoms with E-state index in [1.165, 1.54) is 24.5 Å². The van der Waals surface area contributed by atoms with Gasteiger partial charge >= 0.3 is 18.3 Å².